The Bertz CT molecular complexity index is 524. The van der Waals surface area contributed by atoms with Gasteiger partial charge in [-0.3, -0.25) is 0 Å². The summed E-state index contributed by atoms with van der Waals surface area (Å²) in [6, 6.07) is 5.98. The third-order valence-corrected chi connectivity index (χ3v) is 2.36. The topological polar surface area (TPSA) is 57.4 Å². The van der Waals surface area contributed by atoms with Crippen molar-refractivity contribution in [1.29, 1.82) is 0 Å². The summed E-state index contributed by atoms with van der Waals surface area (Å²) in [5.41, 5.74) is 0.543. The van der Waals surface area contributed by atoms with Crippen LogP contribution in [0.3, 0.4) is 0 Å². The van der Waals surface area contributed by atoms with Crippen LogP contribution < -0.4 is 0 Å². The molecule has 6 heteroatoms. The molecule has 0 aliphatic heterocycles. The molecule has 0 bridgehead atoms. The Labute approximate surface area is 110 Å². The Morgan fingerprint density at radius 2 is 2.00 bits per heavy atom. The van der Waals surface area contributed by atoms with Crippen LogP contribution in [0.1, 0.15) is 26.0 Å². The van der Waals surface area contributed by atoms with Crippen molar-refractivity contribution in [3.8, 4) is 11.4 Å². The van der Waals surface area contributed by atoms with E-state index in [1.807, 2.05) is 13.8 Å². The lowest BCUT2D eigenvalue weighted by molar-refractivity contribution is -0.155. The van der Waals surface area contributed by atoms with Gasteiger partial charge >= 0.3 is 0 Å². The smallest absolute Gasteiger partial charge is 0.283 e. The van der Waals surface area contributed by atoms with E-state index in [0.717, 1.165) is 0 Å². The normalized spacial score (nSPS) is 11.2. The summed E-state index contributed by atoms with van der Waals surface area (Å²) in [5, 5.41) is 3.80. The molecule has 0 spiro atoms. The molecule has 102 valence electrons. The van der Waals surface area contributed by atoms with Crippen LogP contribution in [0.4, 0.5) is 4.39 Å². The summed E-state index contributed by atoms with van der Waals surface area (Å²) >= 11 is 0. The molecule has 0 N–H and O–H groups in total. The third-order valence-electron chi connectivity index (χ3n) is 2.36. The average molecular weight is 266 g/mol. The molecule has 0 saturated carbocycles. The lowest BCUT2D eigenvalue weighted by Crippen LogP contribution is -2.09. The summed E-state index contributed by atoms with van der Waals surface area (Å²) in [4.78, 5) is 4.16. The summed E-state index contributed by atoms with van der Waals surface area (Å²) in [7, 11) is 0. The van der Waals surface area contributed by atoms with Crippen LogP contribution in [0.5, 0.6) is 0 Å². The fourth-order valence-corrected chi connectivity index (χ4v) is 1.57. The second-order valence-electron chi connectivity index (χ2n) is 3.71. The van der Waals surface area contributed by atoms with Gasteiger partial charge in [-0.1, -0.05) is 17.3 Å². The van der Waals surface area contributed by atoms with E-state index in [1.54, 1.807) is 12.1 Å². The Balaban J connectivity index is 2.22. The van der Waals surface area contributed by atoms with Crippen LogP contribution in [0.15, 0.2) is 28.8 Å². The van der Waals surface area contributed by atoms with Crippen molar-refractivity contribution in [1.82, 2.24) is 10.1 Å². The van der Waals surface area contributed by atoms with Gasteiger partial charge in [0.2, 0.25) is 12.1 Å². The number of rotatable bonds is 6. The Hall–Kier alpha value is -1.79. The molecular formula is C13H15FN2O3. The van der Waals surface area contributed by atoms with Gasteiger partial charge in [0.05, 0.1) is 0 Å². The number of halogens is 1. The van der Waals surface area contributed by atoms with Gasteiger partial charge in [-0.15, -0.1) is 0 Å². The molecule has 0 atom stereocenters. The molecule has 0 aliphatic carbocycles. The van der Waals surface area contributed by atoms with Crippen molar-refractivity contribution in [3.63, 3.8) is 0 Å². The predicted molar refractivity (Wildman–Crippen MR) is 65.7 cm³/mol. The molecule has 0 fully saturated rings. The molecule has 1 aromatic carbocycles. The largest absolute Gasteiger partial charge is 0.345 e. The first kappa shape index (κ1) is 13.6. The molecule has 5 nitrogen and oxygen atoms in total. The van der Waals surface area contributed by atoms with E-state index < -0.39 is 6.29 Å². The highest BCUT2D eigenvalue weighted by atomic mass is 19.1. The van der Waals surface area contributed by atoms with Crippen molar-refractivity contribution < 1.29 is 18.4 Å². The Morgan fingerprint density at radius 1 is 1.26 bits per heavy atom. The standard InChI is InChI=1S/C13H15FN2O3/c1-3-17-13(18-4-2)12-15-11(16-19-12)9-6-5-7-10(14)8-9/h5-8,13H,3-4H2,1-2H3. The van der Waals surface area contributed by atoms with Gasteiger partial charge in [0, 0.05) is 18.8 Å². The van der Waals surface area contributed by atoms with Crippen molar-refractivity contribution >= 4 is 0 Å². The van der Waals surface area contributed by atoms with Crippen molar-refractivity contribution in [3.05, 3.63) is 36.0 Å². The monoisotopic (exact) mass is 266 g/mol. The molecule has 0 aliphatic rings. The van der Waals surface area contributed by atoms with E-state index in [2.05, 4.69) is 10.1 Å². The molecule has 2 aromatic rings. The number of aromatic nitrogens is 2. The maximum absolute atomic E-state index is 13.1. The number of nitrogens with zero attached hydrogens (tertiary/aromatic N) is 2. The maximum atomic E-state index is 13.1. The molecule has 2 rings (SSSR count). The molecule has 19 heavy (non-hydrogen) atoms. The first-order valence-electron chi connectivity index (χ1n) is 6.07. The first-order chi connectivity index (χ1) is 9.24. The minimum atomic E-state index is -0.690. The molecular weight excluding hydrogens is 251 g/mol. The SMILES string of the molecule is CCOC(OCC)c1nc(-c2cccc(F)c2)no1. The zero-order valence-corrected chi connectivity index (χ0v) is 10.8. The fourth-order valence-electron chi connectivity index (χ4n) is 1.57. The Morgan fingerprint density at radius 3 is 2.63 bits per heavy atom. The van der Waals surface area contributed by atoms with E-state index in [0.29, 0.717) is 24.6 Å². The van der Waals surface area contributed by atoms with Gasteiger partial charge in [-0.25, -0.2) is 4.39 Å². The summed E-state index contributed by atoms with van der Waals surface area (Å²) in [6.45, 7) is 4.61. The van der Waals surface area contributed by atoms with Crippen LogP contribution in [0, 0.1) is 5.82 Å². The minimum Gasteiger partial charge on any atom is -0.345 e. The van der Waals surface area contributed by atoms with Gasteiger partial charge in [-0.2, -0.15) is 4.98 Å². The van der Waals surface area contributed by atoms with E-state index in [9.17, 15) is 4.39 Å². The second-order valence-corrected chi connectivity index (χ2v) is 3.71. The lowest BCUT2D eigenvalue weighted by Gasteiger charge is -2.11. The van der Waals surface area contributed by atoms with Gasteiger partial charge in [-0.05, 0) is 26.0 Å². The molecule has 1 heterocycles. The van der Waals surface area contributed by atoms with Crippen molar-refractivity contribution in [2.24, 2.45) is 0 Å². The van der Waals surface area contributed by atoms with Gasteiger partial charge in [0.25, 0.3) is 5.89 Å². The minimum absolute atomic E-state index is 0.225. The van der Waals surface area contributed by atoms with Crippen molar-refractivity contribution in [2.75, 3.05) is 13.2 Å². The summed E-state index contributed by atoms with van der Waals surface area (Å²) in [6.07, 6.45) is -0.690. The van der Waals surface area contributed by atoms with Gasteiger partial charge in [0.1, 0.15) is 5.82 Å². The van der Waals surface area contributed by atoms with E-state index >= 15 is 0 Å². The number of hydrogen-bond acceptors (Lipinski definition) is 5. The quantitative estimate of drug-likeness (QED) is 0.752. The third kappa shape index (κ3) is 3.36. The number of ether oxygens (including phenoxy) is 2. The van der Waals surface area contributed by atoms with Crippen LogP contribution in [-0.4, -0.2) is 23.4 Å². The highest BCUT2D eigenvalue weighted by Gasteiger charge is 2.20. The zero-order valence-electron chi connectivity index (χ0n) is 10.8. The predicted octanol–water partition coefficient (Wildman–Crippen LogP) is 2.95. The van der Waals surface area contributed by atoms with E-state index in [4.69, 9.17) is 14.0 Å². The zero-order chi connectivity index (χ0) is 13.7. The second kappa shape index (κ2) is 6.40. The van der Waals surface area contributed by atoms with Crippen molar-refractivity contribution in [2.45, 2.75) is 20.1 Å². The molecule has 0 radical (unpaired) electrons. The van der Waals surface area contributed by atoms with Gasteiger partial charge < -0.3 is 14.0 Å². The van der Waals surface area contributed by atoms with Crippen LogP contribution in [0.25, 0.3) is 11.4 Å². The highest BCUT2D eigenvalue weighted by Crippen LogP contribution is 2.22. The summed E-state index contributed by atoms with van der Waals surface area (Å²) < 4.78 is 28.9. The number of hydrogen-bond donors (Lipinski definition) is 0. The highest BCUT2D eigenvalue weighted by molar-refractivity contribution is 5.53. The molecule has 0 saturated heterocycles. The van der Waals surface area contributed by atoms with Crippen LogP contribution in [0.2, 0.25) is 0 Å². The Kier molecular flexibility index (Phi) is 4.59. The van der Waals surface area contributed by atoms with Crippen LogP contribution in [-0.2, 0) is 9.47 Å². The van der Waals surface area contributed by atoms with Crippen LogP contribution >= 0.6 is 0 Å². The number of benzene rings is 1. The summed E-state index contributed by atoms with van der Waals surface area (Å²) in [5.74, 6) is 0.178. The molecule has 1 aromatic heterocycles. The lowest BCUT2D eigenvalue weighted by atomic mass is 10.2. The average Bonchev–Trinajstić information content (AvgIpc) is 2.88. The maximum Gasteiger partial charge on any atom is 0.283 e. The van der Waals surface area contributed by atoms with E-state index in [1.165, 1.54) is 12.1 Å². The fraction of sp³-hybridized carbons (Fsp3) is 0.385. The molecule has 0 amide bonds. The first-order valence-corrected chi connectivity index (χ1v) is 6.07. The van der Waals surface area contributed by atoms with Gasteiger partial charge in [0.15, 0.2) is 0 Å². The van der Waals surface area contributed by atoms with E-state index in [-0.39, 0.29) is 11.7 Å². The molecule has 0 unspecified atom stereocenters.